The zero-order chi connectivity index (χ0) is 11.5. The maximum absolute atomic E-state index is 5.46. The summed E-state index contributed by atoms with van der Waals surface area (Å²) >= 11 is 0. The van der Waals surface area contributed by atoms with Crippen LogP contribution in [0.5, 0.6) is 0 Å². The summed E-state index contributed by atoms with van der Waals surface area (Å²) in [6.07, 6.45) is 4.47. The second-order valence-electron chi connectivity index (χ2n) is 3.29. The van der Waals surface area contributed by atoms with Crippen LogP contribution >= 0.6 is 0 Å². The van der Waals surface area contributed by atoms with Crippen molar-refractivity contribution in [3.63, 3.8) is 0 Å². The number of rotatable bonds is 8. The van der Waals surface area contributed by atoms with Crippen LogP contribution in [-0.4, -0.2) is 26.9 Å². The Morgan fingerprint density at radius 2 is 1.93 bits per heavy atom. The Labute approximate surface area is 92.7 Å². The van der Waals surface area contributed by atoms with Gasteiger partial charge in [0, 0.05) is 6.42 Å². The van der Waals surface area contributed by atoms with Crippen LogP contribution in [0.3, 0.4) is 0 Å². The fourth-order valence-electron chi connectivity index (χ4n) is 0.910. The molecule has 0 spiro atoms. The lowest BCUT2D eigenvalue weighted by Crippen LogP contribution is -2.02. The van der Waals surface area contributed by atoms with Crippen molar-refractivity contribution < 1.29 is 14.2 Å². The number of methoxy groups -OCH3 is 1. The molecule has 15 heavy (non-hydrogen) atoms. The van der Waals surface area contributed by atoms with Gasteiger partial charge in [0.15, 0.2) is 0 Å². The van der Waals surface area contributed by atoms with E-state index in [4.69, 9.17) is 14.2 Å². The molecule has 3 nitrogen and oxygen atoms in total. The van der Waals surface area contributed by atoms with Gasteiger partial charge in [0.1, 0.15) is 0 Å². The van der Waals surface area contributed by atoms with Crippen molar-refractivity contribution in [2.45, 2.75) is 27.2 Å². The van der Waals surface area contributed by atoms with E-state index in [1.54, 1.807) is 13.4 Å². The highest BCUT2D eigenvalue weighted by molar-refractivity contribution is 5.03. The monoisotopic (exact) mass is 214 g/mol. The molecule has 0 amide bonds. The summed E-state index contributed by atoms with van der Waals surface area (Å²) in [4.78, 5) is 0. The molecule has 88 valence electrons. The summed E-state index contributed by atoms with van der Waals surface area (Å²) in [5.41, 5.74) is 1.13. The largest absolute Gasteiger partial charge is 0.501 e. The molecule has 0 aliphatic carbocycles. The number of hydrogen-bond acceptors (Lipinski definition) is 3. The first-order chi connectivity index (χ1) is 7.22. The Hall–Kier alpha value is -0.960. The lowest BCUT2D eigenvalue weighted by atomic mass is 10.3. The molecule has 3 heteroatoms. The maximum Gasteiger partial charge on any atom is 0.0936 e. The quantitative estimate of drug-likeness (QED) is 0.459. The molecule has 0 heterocycles. The van der Waals surface area contributed by atoms with Gasteiger partial charge in [0.2, 0.25) is 0 Å². The van der Waals surface area contributed by atoms with E-state index in [1.807, 2.05) is 26.8 Å². The van der Waals surface area contributed by atoms with Gasteiger partial charge in [-0.05, 0) is 26.3 Å². The molecular weight excluding hydrogens is 192 g/mol. The van der Waals surface area contributed by atoms with Crippen molar-refractivity contribution >= 4 is 0 Å². The molecule has 0 aromatic heterocycles. The SMILES string of the molecule is C/C=C/OCCCOC/C(C)=C(/C)OC. The molecule has 0 bridgehead atoms. The highest BCUT2D eigenvalue weighted by Crippen LogP contribution is 2.03. The molecule has 0 saturated heterocycles. The Bertz CT molecular complexity index is 207. The van der Waals surface area contributed by atoms with Gasteiger partial charge in [-0.2, -0.15) is 0 Å². The molecule has 0 N–H and O–H groups in total. The smallest absolute Gasteiger partial charge is 0.0936 e. The number of hydrogen-bond donors (Lipinski definition) is 0. The standard InChI is InChI=1S/C12H22O3/c1-5-7-14-8-6-9-15-10-11(2)12(3)13-4/h5,7H,6,8-10H2,1-4H3/b7-5+,12-11-. The molecule has 0 aromatic carbocycles. The van der Waals surface area contributed by atoms with Gasteiger partial charge in [0.25, 0.3) is 0 Å². The van der Waals surface area contributed by atoms with Crippen molar-refractivity contribution in [3.05, 3.63) is 23.7 Å². The lowest BCUT2D eigenvalue weighted by Gasteiger charge is -2.07. The van der Waals surface area contributed by atoms with Gasteiger partial charge in [0.05, 0.1) is 39.0 Å². The summed E-state index contributed by atoms with van der Waals surface area (Å²) < 4.78 is 15.7. The summed E-state index contributed by atoms with van der Waals surface area (Å²) in [5, 5.41) is 0. The Balaban J connectivity index is 3.39. The predicted octanol–water partition coefficient (Wildman–Crippen LogP) is 2.88. The molecule has 0 unspecified atom stereocenters. The van der Waals surface area contributed by atoms with Crippen molar-refractivity contribution in [2.75, 3.05) is 26.9 Å². The van der Waals surface area contributed by atoms with E-state index in [0.717, 1.165) is 17.8 Å². The fraction of sp³-hybridized carbons (Fsp3) is 0.667. The van der Waals surface area contributed by atoms with Crippen LogP contribution in [-0.2, 0) is 14.2 Å². The van der Waals surface area contributed by atoms with Gasteiger partial charge in [-0.1, -0.05) is 6.08 Å². The summed E-state index contributed by atoms with van der Waals surface area (Å²) in [7, 11) is 1.67. The highest BCUT2D eigenvalue weighted by Gasteiger charge is 1.96. The van der Waals surface area contributed by atoms with Crippen molar-refractivity contribution in [1.82, 2.24) is 0 Å². The molecular formula is C12H22O3. The van der Waals surface area contributed by atoms with E-state index in [1.165, 1.54) is 0 Å². The van der Waals surface area contributed by atoms with Gasteiger partial charge >= 0.3 is 0 Å². The number of ether oxygens (including phenoxy) is 3. The minimum atomic E-state index is 0.628. The minimum Gasteiger partial charge on any atom is -0.501 e. The summed E-state index contributed by atoms with van der Waals surface area (Å²) in [6.45, 7) is 7.92. The van der Waals surface area contributed by atoms with Crippen molar-refractivity contribution in [2.24, 2.45) is 0 Å². The van der Waals surface area contributed by atoms with Gasteiger partial charge < -0.3 is 14.2 Å². The second-order valence-corrected chi connectivity index (χ2v) is 3.29. The van der Waals surface area contributed by atoms with Gasteiger partial charge in [-0.3, -0.25) is 0 Å². The molecule has 0 aliphatic rings. The highest BCUT2D eigenvalue weighted by atomic mass is 16.5. The van der Waals surface area contributed by atoms with Crippen LogP contribution in [0, 0.1) is 0 Å². The van der Waals surface area contributed by atoms with Crippen LogP contribution in [0.25, 0.3) is 0 Å². The third-order valence-electron chi connectivity index (χ3n) is 2.01. The first kappa shape index (κ1) is 14.0. The average Bonchev–Trinajstić information content (AvgIpc) is 2.26. The van der Waals surface area contributed by atoms with Gasteiger partial charge in [-0.15, -0.1) is 0 Å². The molecule has 0 atom stereocenters. The van der Waals surface area contributed by atoms with E-state index in [0.29, 0.717) is 19.8 Å². The Morgan fingerprint density at radius 1 is 1.20 bits per heavy atom. The Kier molecular flexibility index (Phi) is 8.98. The molecule has 0 aliphatic heterocycles. The zero-order valence-corrected chi connectivity index (χ0v) is 10.2. The molecule has 0 rings (SSSR count). The predicted molar refractivity (Wildman–Crippen MR) is 61.6 cm³/mol. The third-order valence-corrected chi connectivity index (χ3v) is 2.01. The molecule has 0 radical (unpaired) electrons. The summed E-state index contributed by atoms with van der Waals surface area (Å²) in [6, 6.07) is 0. The normalized spacial score (nSPS) is 12.8. The van der Waals surface area contributed by atoms with Crippen LogP contribution in [0.4, 0.5) is 0 Å². The van der Waals surface area contributed by atoms with Gasteiger partial charge in [-0.25, -0.2) is 0 Å². The topological polar surface area (TPSA) is 27.7 Å². The van der Waals surface area contributed by atoms with Crippen molar-refractivity contribution in [3.8, 4) is 0 Å². The first-order valence-corrected chi connectivity index (χ1v) is 5.23. The third kappa shape index (κ3) is 8.06. The van der Waals surface area contributed by atoms with E-state index in [-0.39, 0.29) is 0 Å². The van der Waals surface area contributed by atoms with E-state index in [9.17, 15) is 0 Å². The van der Waals surface area contributed by atoms with Crippen LogP contribution in [0.1, 0.15) is 27.2 Å². The van der Waals surface area contributed by atoms with E-state index >= 15 is 0 Å². The second kappa shape index (κ2) is 9.59. The molecule has 0 saturated carbocycles. The maximum atomic E-state index is 5.46. The van der Waals surface area contributed by atoms with Crippen LogP contribution in [0.15, 0.2) is 23.7 Å². The van der Waals surface area contributed by atoms with E-state index in [2.05, 4.69) is 0 Å². The summed E-state index contributed by atoms with van der Waals surface area (Å²) in [5.74, 6) is 0.931. The van der Waals surface area contributed by atoms with E-state index < -0.39 is 0 Å². The molecule has 0 fully saturated rings. The Morgan fingerprint density at radius 3 is 2.53 bits per heavy atom. The van der Waals surface area contributed by atoms with Crippen molar-refractivity contribution in [1.29, 1.82) is 0 Å². The number of allylic oxidation sites excluding steroid dienone is 2. The minimum absolute atomic E-state index is 0.628. The van der Waals surface area contributed by atoms with Crippen LogP contribution < -0.4 is 0 Å². The average molecular weight is 214 g/mol. The fourth-order valence-corrected chi connectivity index (χ4v) is 0.910. The molecule has 0 aromatic rings. The lowest BCUT2D eigenvalue weighted by molar-refractivity contribution is 0.125. The first-order valence-electron chi connectivity index (χ1n) is 5.23. The van der Waals surface area contributed by atoms with Crippen LogP contribution in [0.2, 0.25) is 0 Å². The zero-order valence-electron chi connectivity index (χ0n) is 10.2.